The number of carbonyl (C=O) groups is 3. The molecule has 0 amide bonds. The van der Waals surface area contributed by atoms with Crippen molar-refractivity contribution in [1.29, 1.82) is 0 Å². The van der Waals surface area contributed by atoms with Crippen LogP contribution in [-0.4, -0.2) is 37.2 Å². The summed E-state index contributed by atoms with van der Waals surface area (Å²) in [5.74, 6) is 0.0449. The molecule has 2 atom stereocenters. The highest BCUT2D eigenvalue weighted by atomic mass is 16.6. The molecule has 6 heteroatoms. The van der Waals surface area contributed by atoms with Gasteiger partial charge in [-0.25, -0.2) is 0 Å². The standard InChI is InChI=1S/C52H100O6/c1-5-8-10-12-14-15-16-17-18-23-26-29-33-37-41-45-52(55)58-49(46-56-50(53)43-39-35-30-13-11-9-6-2)47-57-51(54)44-40-36-32-28-25-22-20-19-21-24-27-31-34-38-42-48(4)7-3/h48-49H,5-47H2,1-4H3/t48?,49-/m0/s1. The van der Waals surface area contributed by atoms with E-state index < -0.39 is 6.10 Å². The van der Waals surface area contributed by atoms with Gasteiger partial charge in [-0.3, -0.25) is 14.4 Å². The molecule has 0 N–H and O–H groups in total. The second kappa shape index (κ2) is 46.5. The van der Waals surface area contributed by atoms with Crippen molar-refractivity contribution < 1.29 is 28.6 Å². The fourth-order valence-electron chi connectivity index (χ4n) is 7.83. The SMILES string of the molecule is CCCCCCCCCCCCCCCCCC(=O)O[C@@H](COC(=O)CCCCCCCCC)COC(=O)CCCCCCCCCCCCCCCCC(C)CC. The van der Waals surface area contributed by atoms with Gasteiger partial charge in [0.15, 0.2) is 6.10 Å². The summed E-state index contributed by atoms with van der Waals surface area (Å²) in [7, 11) is 0. The Bertz CT molecular complexity index is 874. The Morgan fingerprint density at radius 1 is 0.345 bits per heavy atom. The van der Waals surface area contributed by atoms with Crippen LogP contribution >= 0.6 is 0 Å². The molecule has 58 heavy (non-hydrogen) atoms. The van der Waals surface area contributed by atoms with E-state index in [2.05, 4.69) is 27.7 Å². The van der Waals surface area contributed by atoms with Crippen molar-refractivity contribution in [3.63, 3.8) is 0 Å². The first-order valence-electron chi connectivity index (χ1n) is 25.9. The summed E-state index contributed by atoms with van der Waals surface area (Å²) < 4.78 is 16.7. The predicted molar refractivity (Wildman–Crippen MR) is 247 cm³/mol. The topological polar surface area (TPSA) is 78.9 Å². The summed E-state index contributed by atoms with van der Waals surface area (Å²) in [6.07, 6.45) is 48.1. The first-order chi connectivity index (χ1) is 28.4. The number of ether oxygens (including phenoxy) is 3. The van der Waals surface area contributed by atoms with Crippen molar-refractivity contribution in [3.05, 3.63) is 0 Å². The van der Waals surface area contributed by atoms with Crippen molar-refractivity contribution in [2.45, 2.75) is 297 Å². The van der Waals surface area contributed by atoms with Crippen LogP contribution in [0.25, 0.3) is 0 Å². The molecule has 0 aromatic rings. The maximum Gasteiger partial charge on any atom is 0.306 e. The van der Waals surface area contributed by atoms with Crippen LogP contribution in [0.15, 0.2) is 0 Å². The van der Waals surface area contributed by atoms with Gasteiger partial charge in [-0.2, -0.15) is 0 Å². The molecule has 0 bridgehead atoms. The first-order valence-corrected chi connectivity index (χ1v) is 25.9. The Labute approximate surface area is 361 Å². The van der Waals surface area contributed by atoms with E-state index in [0.29, 0.717) is 19.3 Å². The van der Waals surface area contributed by atoms with Crippen molar-refractivity contribution in [2.24, 2.45) is 5.92 Å². The molecule has 0 fully saturated rings. The summed E-state index contributed by atoms with van der Waals surface area (Å²) >= 11 is 0. The Kier molecular flexibility index (Phi) is 45.2. The van der Waals surface area contributed by atoms with Crippen LogP contribution in [0.4, 0.5) is 0 Å². The van der Waals surface area contributed by atoms with E-state index in [4.69, 9.17) is 14.2 Å². The molecule has 0 aromatic carbocycles. The minimum absolute atomic E-state index is 0.0631. The number of hydrogen-bond acceptors (Lipinski definition) is 6. The van der Waals surface area contributed by atoms with Crippen LogP contribution in [0, 0.1) is 5.92 Å². The number of hydrogen-bond donors (Lipinski definition) is 0. The number of carbonyl (C=O) groups excluding carboxylic acids is 3. The highest BCUT2D eigenvalue weighted by Crippen LogP contribution is 2.18. The van der Waals surface area contributed by atoms with Crippen LogP contribution in [0.1, 0.15) is 291 Å². The molecule has 0 aliphatic heterocycles. The maximum atomic E-state index is 12.7. The Morgan fingerprint density at radius 3 is 0.897 bits per heavy atom. The van der Waals surface area contributed by atoms with Gasteiger partial charge in [-0.05, 0) is 25.2 Å². The van der Waals surface area contributed by atoms with Gasteiger partial charge in [0.05, 0.1) is 0 Å². The van der Waals surface area contributed by atoms with Crippen LogP contribution in [0.2, 0.25) is 0 Å². The molecular weight excluding hydrogens is 721 g/mol. The highest BCUT2D eigenvalue weighted by molar-refractivity contribution is 5.71. The number of rotatable bonds is 47. The van der Waals surface area contributed by atoms with Crippen LogP contribution in [0.5, 0.6) is 0 Å². The van der Waals surface area contributed by atoms with E-state index in [1.165, 1.54) is 186 Å². The van der Waals surface area contributed by atoms with E-state index in [-0.39, 0.29) is 31.1 Å². The lowest BCUT2D eigenvalue weighted by atomic mass is 9.99. The van der Waals surface area contributed by atoms with Gasteiger partial charge in [0.2, 0.25) is 0 Å². The molecule has 0 rings (SSSR count). The molecule has 0 aromatic heterocycles. The first kappa shape index (κ1) is 56.4. The third kappa shape index (κ3) is 44.0. The second-order valence-electron chi connectivity index (χ2n) is 18.1. The Morgan fingerprint density at radius 2 is 0.603 bits per heavy atom. The zero-order chi connectivity index (χ0) is 42.4. The lowest BCUT2D eigenvalue weighted by Gasteiger charge is -2.18. The molecule has 0 heterocycles. The zero-order valence-corrected chi connectivity index (χ0v) is 39.5. The summed E-state index contributed by atoms with van der Waals surface area (Å²) in [6.45, 7) is 9.03. The summed E-state index contributed by atoms with van der Waals surface area (Å²) in [6, 6.07) is 0. The monoisotopic (exact) mass is 821 g/mol. The molecule has 0 spiro atoms. The average molecular weight is 821 g/mol. The van der Waals surface area contributed by atoms with Crippen molar-refractivity contribution in [3.8, 4) is 0 Å². The third-order valence-corrected chi connectivity index (χ3v) is 12.2. The number of unbranched alkanes of at least 4 members (excludes halogenated alkanes) is 33. The Balaban J connectivity index is 4.19. The number of esters is 3. The van der Waals surface area contributed by atoms with Crippen molar-refractivity contribution in [1.82, 2.24) is 0 Å². The van der Waals surface area contributed by atoms with Gasteiger partial charge >= 0.3 is 17.9 Å². The quantitative estimate of drug-likeness (QED) is 0.0346. The Hall–Kier alpha value is -1.59. The highest BCUT2D eigenvalue weighted by Gasteiger charge is 2.19. The zero-order valence-electron chi connectivity index (χ0n) is 39.5. The minimum Gasteiger partial charge on any atom is -0.462 e. The molecule has 0 aliphatic carbocycles. The lowest BCUT2D eigenvalue weighted by molar-refractivity contribution is -0.167. The summed E-state index contributed by atoms with van der Waals surface area (Å²) in [4.78, 5) is 37.8. The molecule has 0 saturated heterocycles. The molecule has 344 valence electrons. The van der Waals surface area contributed by atoms with E-state index in [1.54, 1.807) is 0 Å². The van der Waals surface area contributed by atoms with Gasteiger partial charge < -0.3 is 14.2 Å². The molecule has 0 saturated carbocycles. The van der Waals surface area contributed by atoms with E-state index in [0.717, 1.165) is 63.7 Å². The second-order valence-corrected chi connectivity index (χ2v) is 18.1. The van der Waals surface area contributed by atoms with Crippen molar-refractivity contribution >= 4 is 17.9 Å². The van der Waals surface area contributed by atoms with Crippen LogP contribution < -0.4 is 0 Å². The lowest BCUT2D eigenvalue weighted by Crippen LogP contribution is -2.30. The van der Waals surface area contributed by atoms with Gasteiger partial charge in [-0.15, -0.1) is 0 Å². The molecular formula is C52H100O6. The third-order valence-electron chi connectivity index (χ3n) is 12.2. The predicted octanol–water partition coefficient (Wildman–Crippen LogP) is 16.7. The van der Waals surface area contributed by atoms with E-state index >= 15 is 0 Å². The van der Waals surface area contributed by atoms with Crippen molar-refractivity contribution in [2.75, 3.05) is 13.2 Å². The fraction of sp³-hybridized carbons (Fsp3) is 0.942. The average Bonchev–Trinajstić information content (AvgIpc) is 3.22. The van der Waals surface area contributed by atoms with Crippen LogP contribution in [0.3, 0.4) is 0 Å². The fourth-order valence-corrected chi connectivity index (χ4v) is 7.83. The minimum atomic E-state index is -0.759. The van der Waals surface area contributed by atoms with Gasteiger partial charge in [-0.1, -0.05) is 252 Å². The maximum absolute atomic E-state index is 12.7. The summed E-state index contributed by atoms with van der Waals surface area (Å²) in [5.41, 5.74) is 0. The van der Waals surface area contributed by atoms with Gasteiger partial charge in [0, 0.05) is 19.3 Å². The van der Waals surface area contributed by atoms with Gasteiger partial charge in [0.25, 0.3) is 0 Å². The van der Waals surface area contributed by atoms with E-state index in [9.17, 15) is 14.4 Å². The molecule has 0 radical (unpaired) electrons. The smallest absolute Gasteiger partial charge is 0.306 e. The normalized spacial score (nSPS) is 12.4. The van der Waals surface area contributed by atoms with Gasteiger partial charge in [0.1, 0.15) is 13.2 Å². The van der Waals surface area contributed by atoms with E-state index in [1.807, 2.05) is 0 Å². The molecule has 1 unspecified atom stereocenters. The van der Waals surface area contributed by atoms with Crippen LogP contribution in [-0.2, 0) is 28.6 Å². The molecule has 0 aliphatic rings. The largest absolute Gasteiger partial charge is 0.462 e. The molecule has 6 nitrogen and oxygen atoms in total. The summed E-state index contributed by atoms with van der Waals surface area (Å²) in [5, 5.41) is 0.